The van der Waals surface area contributed by atoms with E-state index in [9.17, 15) is 4.79 Å². The molecule has 0 saturated carbocycles. The second-order valence-electron chi connectivity index (χ2n) is 6.06. The summed E-state index contributed by atoms with van der Waals surface area (Å²) in [5.41, 5.74) is 5.47. The molecule has 1 heterocycles. The summed E-state index contributed by atoms with van der Waals surface area (Å²) in [6, 6.07) is 13.8. The lowest BCUT2D eigenvalue weighted by Crippen LogP contribution is -2.13. The van der Waals surface area contributed by atoms with Gasteiger partial charge in [0.1, 0.15) is 0 Å². The van der Waals surface area contributed by atoms with Crippen LogP contribution in [0, 0.1) is 20.8 Å². The monoisotopic (exact) mass is 332 g/mol. The van der Waals surface area contributed by atoms with Gasteiger partial charge in [-0.05, 0) is 55.7 Å². The van der Waals surface area contributed by atoms with Crippen LogP contribution >= 0.6 is 0 Å². The van der Waals surface area contributed by atoms with E-state index in [1.807, 2.05) is 57.2 Å². The third kappa shape index (κ3) is 4.20. The minimum absolute atomic E-state index is 0.233. The highest BCUT2D eigenvalue weighted by Gasteiger charge is 2.08. The van der Waals surface area contributed by atoms with Crippen LogP contribution in [-0.4, -0.2) is 15.9 Å². The van der Waals surface area contributed by atoms with Crippen molar-refractivity contribution >= 4 is 23.2 Å². The van der Waals surface area contributed by atoms with Crippen LogP contribution in [0.25, 0.3) is 0 Å². The molecule has 5 nitrogen and oxygen atoms in total. The molecule has 0 aliphatic heterocycles. The van der Waals surface area contributed by atoms with E-state index in [0.29, 0.717) is 11.5 Å². The Morgan fingerprint density at radius 1 is 0.920 bits per heavy atom. The number of nitrogens with one attached hydrogen (secondary N) is 2. The van der Waals surface area contributed by atoms with Gasteiger partial charge in [0.2, 0.25) is 5.95 Å². The maximum Gasteiger partial charge on any atom is 0.258 e. The molecule has 2 N–H and O–H groups in total. The first-order valence-corrected chi connectivity index (χ1v) is 8.05. The van der Waals surface area contributed by atoms with Crippen molar-refractivity contribution in [1.29, 1.82) is 0 Å². The van der Waals surface area contributed by atoms with Gasteiger partial charge in [-0.15, -0.1) is 0 Å². The zero-order valence-electron chi connectivity index (χ0n) is 14.5. The first-order valence-electron chi connectivity index (χ1n) is 8.05. The molecule has 3 rings (SSSR count). The van der Waals surface area contributed by atoms with Crippen molar-refractivity contribution in [1.82, 2.24) is 9.97 Å². The fourth-order valence-electron chi connectivity index (χ4n) is 2.43. The molecule has 126 valence electrons. The van der Waals surface area contributed by atoms with Crippen molar-refractivity contribution in [2.45, 2.75) is 20.8 Å². The van der Waals surface area contributed by atoms with Gasteiger partial charge in [-0.1, -0.05) is 24.3 Å². The Morgan fingerprint density at radius 3 is 2.36 bits per heavy atom. The minimum Gasteiger partial charge on any atom is -0.324 e. The van der Waals surface area contributed by atoms with E-state index in [2.05, 4.69) is 26.7 Å². The maximum atomic E-state index is 12.3. The average Bonchev–Trinajstić information content (AvgIpc) is 2.59. The molecule has 3 aromatic rings. The number of aromatic nitrogens is 2. The summed E-state index contributed by atoms with van der Waals surface area (Å²) in [6.45, 7) is 6.03. The van der Waals surface area contributed by atoms with Crippen molar-refractivity contribution in [3.63, 3.8) is 0 Å². The van der Waals surface area contributed by atoms with Crippen LogP contribution in [0.1, 0.15) is 27.0 Å². The Labute approximate surface area is 147 Å². The van der Waals surface area contributed by atoms with Gasteiger partial charge >= 0.3 is 0 Å². The van der Waals surface area contributed by atoms with Crippen molar-refractivity contribution in [3.05, 3.63) is 77.1 Å². The van der Waals surface area contributed by atoms with Crippen LogP contribution in [0.4, 0.5) is 17.3 Å². The van der Waals surface area contributed by atoms with Gasteiger partial charge in [0.15, 0.2) is 0 Å². The number of anilines is 3. The summed E-state index contributed by atoms with van der Waals surface area (Å²) in [6.07, 6.45) is 3.04. The standard InChI is InChI=1S/C20H20N4O/c1-13-5-4-6-17(9-13)23-19(25)16-11-21-20(22-12-16)24-18-10-14(2)7-8-15(18)3/h4-12H,1-3H3,(H,23,25)(H,21,22,24). The summed E-state index contributed by atoms with van der Waals surface area (Å²) >= 11 is 0. The van der Waals surface area contributed by atoms with Gasteiger partial charge in [-0.2, -0.15) is 0 Å². The number of hydrogen-bond donors (Lipinski definition) is 2. The molecule has 0 aliphatic rings. The Hall–Kier alpha value is -3.21. The predicted octanol–water partition coefficient (Wildman–Crippen LogP) is 4.40. The highest BCUT2D eigenvalue weighted by Crippen LogP contribution is 2.19. The Morgan fingerprint density at radius 2 is 1.64 bits per heavy atom. The number of nitrogens with zero attached hydrogens (tertiary/aromatic N) is 2. The third-order valence-electron chi connectivity index (χ3n) is 3.83. The molecule has 0 saturated heterocycles. The largest absolute Gasteiger partial charge is 0.324 e. The molecule has 0 spiro atoms. The summed E-state index contributed by atoms with van der Waals surface area (Å²) in [5.74, 6) is 0.227. The van der Waals surface area contributed by atoms with Crippen LogP contribution in [0.15, 0.2) is 54.9 Å². The van der Waals surface area contributed by atoms with Crippen molar-refractivity contribution < 1.29 is 4.79 Å². The molecule has 0 aliphatic carbocycles. The Balaban J connectivity index is 1.71. The number of carbonyl (C=O) groups is 1. The second-order valence-corrected chi connectivity index (χ2v) is 6.06. The van der Waals surface area contributed by atoms with E-state index in [0.717, 1.165) is 28.1 Å². The van der Waals surface area contributed by atoms with E-state index >= 15 is 0 Å². The lowest BCUT2D eigenvalue weighted by Gasteiger charge is -2.09. The Bertz CT molecular complexity index is 904. The predicted molar refractivity (Wildman–Crippen MR) is 100 cm³/mol. The van der Waals surface area contributed by atoms with Crippen LogP contribution < -0.4 is 10.6 Å². The second kappa shape index (κ2) is 7.13. The molecule has 1 amide bonds. The number of aryl methyl sites for hydroxylation is 3. The van der Waals surface area contributed by atoms with Gasteiger partial charge in [0.05, 0.1) is 5.56 Å². The lowest BCUT2D eigenvalue weighted by molar-refractivity contribution is 0.102. The summed E-state index contributed by atoms with van der Waals surface area (Å²) in [4.78, 5) is 20.8. The molecule has 0 atom stereocenters. The maximum absolute atomic E-state index is 12.3. The minimum atomic E-state index is -0.233. The number of amides is 1. The zero-order chi connectivity index (χ0) is 17.8. The molecule has 2 aromatic carbocycles. The highest BCUT2D eigenvalue weighted by molar-refractivity contribution is 6.03. The van der Waals surface area contributed by atoms with Gasteiger partial charge in [-0.3, -0.25) is 4.79 Å². The SMILES string of the molecule is Cc1cccc(NC(=O)c2cnc(Nc3cc(C)ccc3C)nc2)c1. The number of rotatable bonds is 4. The normalized spacial score (nSPS) is 10.4. The molecule has 5 heteroatoms. The Kier molecular flexibility index (Phi) is 4.75. The molecule has 0 radical (unpaired) electrons. The number of carbonyl (C=O) groups excluding carboxylic acids is 1. The molecular formula is C20H20N4O. The fraction of sp³-hybridized carbons (Fsp3) is 0.150. The quantitative estimate of drug-likeness (QED) is 0.743. The smallest absolute Gasteiger partial charge is 0.258 e. The van der Waals surface area contributed by atoms with Crippen LogP contribution in [0.2, 0.25) is 0 Å². The topological polar surface area (TPSA) is 66.9 Å². The summed E-state index contributed by atoms with van der Waals surface area (Å²) < 4.78 is 0. The first kappa shape index (κ1) is 16.6. The van der Waals surface area contributed by atoms with Gasteiger partial charge in [-0.25, -0.2) is 9.97 Å². The molecule has 0 unspecified atom stereocenters. The third-order valence-corrected chi connectivity index (χ3v) is 3.83. The van der Waals surface area contributed by atoms with Crippen LogP contribution in [0.5, 0.6) is 0 Å². The lowest BCUT2D eigenvalue weighted by atomic mass is 10.1. The number of benzene rings is 2. The van der Waals surface area contributed by atoms with Crippen LogP contribution in [-0.2, 0) is 0 Å². The van der Waals surface area contributed by atoms with E-state index in [1.54, 1.807) is 0 Å². The molecule has 0 bridgehead atoms. The van der Waals surface area contributed by atoms with Gasteiger partial charge in [0, 0.05) is 23.8 Å². The highest BCUT2D eigenvalue weighted by atomic mass is 16.1. The van der Waals surface area contributed by atoms with E-state index in [4.69, 9.17) is 0 Å². The van der Waals surface area contributed by atoms with Crippen molar-refractivity contribution in [2.75, 3.05) is 10.6 Å². The summed E-state index contributed by atoms with van der Waals surface area (Å²) in [7, 11) is 0. The zero-order valence-corrected chi connectivity index (χ0v) is 14.5. The molecule has 1 aromatic heterocycles. The van der Waals surface area contributed by atoms with Gasteiger partial charge in [0.25, 0.3) is 5.91 Å². The average molecular weight is 332 g/mol. The van der Waals surface area contributed by atoms with Gasteiger partial charge < -0.3 is 10.6 Å². The van der Waals surface area contributed by atoms with E-state index in [-0.39, 0.29) is 5.91 Å². The fourth-order valence-corrected chi connectivity index (χ4v) is 2.43. The van der Waals surface area contributed by atoms with E-state index < -0.39 is 0 Å². The van der Waals surface area contributed by atoms with Crippen molar-refractivity contribution in [3.8, 4) is 0 Å². The molecule has 25 heavy (non-hydrogen) atoms. The van der Waals surface area contributed by atoms with Crippen molar-refractivity contribution in [2.24, 2.45) is 0 Å². The number of hydrogen-bond acceptors (Lipinski definition) is 4. The summed E-state index contributed by atoms with van der Waals surface area (Å²) in [5, 5.41) is 6.03. The van der Waals surface area contributed by atoms with E-state index in [1.165, 1.54) is 12.4 Å². The molecular weight excluding hydrogens is 312 g/mol. The molecule has 0 fully saturated rings. The first-order chi connectivity index (χ1) is 12.0. The van der Waals surface area contributed by atoms with Crippen LogP contribution in [0.3, 0.4) is 0 Å².